The van der Waals surface area contributed by atoms with Gasteiger partial charge in [-0.15, -0.1) is 22.0 Å². The number of nitrogens with zero attached hydrogens (tertiary/aromatic N) is 6. The van der Waals surface area contributed by atoms with Crippen LogP contribution in [0.15, 0.2) is 41.6 Å². The minimum Gasteiger partial charge on any atom is -0.258 e. The predicted octanol–water partition coefficient (Wildman–Crippen LogP) is 4.07. The van der Waals surface area contributed by atoms with Crippen molar-refractivity contribution in [2.45, 2.75) is 51.1 Å². The van der Waals surface area contributed by atoms with Gasteiger partial charge in [0.25, 0.3) is 0 Å². The van der Waals surface area contributed by atoms with Crippen molar-refractivity contribution in [3.63, 3.8) is 0 Å². The first-order chi connectivity index (χ1) is 12.0. The summed E-state index contributed by atoms with van der Waals surface area (Å²) in [6.45, 7) is 9.34. The summed E-state index contributed by atoms with van der Waals surface area (Å²) in [5.74, 6) is 2.04. The van der Waals surface area contributed by atoms with Crippen molar-refractivity contribution < 1.29 is 0 Å². The van der Waals surface area contributed by atoms with E-state index < -0.39 is 0 Å². The van der Waals surface area contributed by atoms with Crippen molar-refractivity contribution in [2.75, 3.05) is 0 Å². The first-order valence-corrected chi connectivity index (χ1v) is 9.55. The largest absolute Gasteiger partial charge is 0.258 e. The topological polar surface area (TPSA) is 61.4 Å². The molecule has 7 heteroatoms. The van der Waals surface area contributed by atoms with Gasteiger partial charge in [-0.1, -0.05) is 44.2 Å². The zero-order valence-electron chi connectivity index (χ0n) is 15.1. The number of aromatic nitrogens is 6. The minimum atomic E-state index is 0.187. The Kier molecular flexibility index (Phi) is 5.53. The third-order valence-corrected chi connectivity index (χ3v) is 4.86. The predicted molar refractivity (Wildman–Crippen MR) is 100 cm³/mol. The molecule has 3 rings (SSSR count). The molecule has 2 heterocycles. The number of thioether (sulfide) groups is 1. The van der Waals surface area contributed by atoms with Crippen LogP contribution in [-0.4, -0.2) is 30.0 Å². The van der Waals surface area contributed by atoms with E-state index in [1.807, 2.05) is 26.1 Å². The average molecular weight is 356 g/mol. The second kappa shape index (κ2) is 7.82. The molecule has 0 spiro atoms. The molecule has 0 radical (unpaired) electrons. The van der Waals surface area contributed by atoms with E-state index in [1.54, 1.807) is 16.6 Å². The monoisotopic (exact) mass is 356 g/mol. The Morgan fingerprint density at radius 1 is 1.08 bits per heavy atom. The molecule has 0 atom stereocenters. The number of hydrogen-bond acceptors (Lipinski definition) is 5. The van der Waals surface area contributed by atoms with Crippen molar-refractivity contribution in [2.24, 2.45) is 5.92 Å². The zero-order chi connectivity index (χ0) is 17.8. The van der Waals surface area contributed by atoms with Crippen LogP contribution in [0.5, 0.6) is 0 Å². The summed E-state index contributed by atoms with van der Waals surface area (Å²) >= 11 is 1.77. The van der Waals surface area contributed by atoms with E-state index in [4.69, 9.17) is 0 Å². The molecule has 2 aromatic heterocycles. The van der Waals surface area contributed by atoms with E-state index in [1.165, 1.54) is 5.56 Å². The van der Waals surface area contributed by atoms with Crippen LogP contribution in [0, 0.1) is 5.92 Å². The van der Waals surface area contributed by atoms with Crippen LogP contribution in [-0.2, 0) is 12.3 Å². The summed E-state index contributed by atoms with van der Waals surface area (Å²) < 4.78 is 2.06. The van der Waals surface area contributed by atoms with Crippen LogP contribution >= 0.6 is 11.8 Å². The lowest BCUT2D eigenvalue weighted by Gasteiger charge is -2.10. The number of tetrazole rings is 1. The Labute approximate surface area is 152 Å². The van der Waals surface area contributed by atoms with E-state index in [0.29, 0.717) is 11.7 Å². The van der Waals surface area contributed by atoms with Gasteiger partial charge in [0.2, 0.25) is 5.82 Å². The van der Waals surface area contributed by atoms with Crippen LogP contribution in [0.4, 0.5) is 0 Å². The summed E-state index contributed by atoms with van der Waals surface area (Å²) in [6.07, 6.45) is 1.86. The molecule has 0 saturated heterocycles. The Morgan fingerprint density at radius 2 is 1.84 bits per heavy atom. The fourth-order valence-corrected chi connectivity index (χ4v) is 3.50. The van der Waals surface area contributed by atoms with Gasteiger partial charge in [-0.05, 0) is 30.5 Å². The van der Waals surface area contributed by atoms with Gasteiger partial charge in [0.15, 0.2) is 0 Å². The molecule has 0 bridgehead atoms. The molecule has 1 aromatic carbocycles. The molecule has 0 saturated carbocycles. The van der Waals surface area contributed by atoms with Gasteiger partial charge in [-0.2, -0.15) is 9.90 Å². The lowest BCUT2D eigenvalue weighted by Crippen LogP contribution is -2.07. The molecule has 0 aliphatic rings. The van der Waals surface area contributed by atoms with E-state index >= 15 is 0 Å². The highest BCUT2D eigenvalue weighted by atomic mass is 32.2. The van der Waals surface area contributed by atoms with Crippen molar-refractivity contribution in [1.29, 1.82) is 0 Å². The van der Waals surface area contributed by atoms with Gasteiger partial charge in [-0.25, -0.2) is 0 Å². The van der Waals surface area contributed by atoms with E-state index in [0.717, 1.165) is 22.9 Å². The van der Waals surface area contributed by atoms with Crippen molar-refractivity contribution in [3.8, 4) is 11.4 Å². The Bertz CT molecular complexity index is 806. The molecule has 3 aromatic rings. The second-order valence-corrected chi connectivity index (χ2v) is 7.70. The lowest BCUT2D eigenvalue weighted by atomic mass is 10.2. The summed E-state index contributed by atoms with van der Waals surface area (Å²) in [5.41, 5.74) is 2.24. The van der Waals surface area contributed by atoms with Crippen LogP contribution in [0.1, 0.15) is 39.3 Å². The first kappa shape index (κ1) is 17.7. The second-order valence-electron chi connectivity index (χ2n) is 6.74. The van der Waals surface area contributed by atoms with Gasteiger partial charge in [0, 0.05) is 12.3 Å². The molecule has 0 aliphatic heterocycles. The molecule has 0 N–H and O–H groups in total. The molecule has 6 nitrogen and oxygen atoms in total. The number of benzene rings is 1. The van der Waals surface area contributed by atoms with E-state index in [9.17, 15) is 0 Å². The Balaban J connectivity index is 1.90. The first-order valence-electron chi connectivity index (χ1n) is 8.57. The molecule has 0 unspecified atom stereocenters. The molecular formula is C18H24N6S. The quantitative estimate of drug-likeness (QED) is 0.597. The highest BCUT2D eigenvalue weighted by Gasteiger charge is 2.18. The standard InChI is InChI=1S/C18H24N6S/c1-13(2)11-23-18(25-12-15-8-6-5-7-9-15)16(10-19-23)17-20-22-24(21-17)14(3)4/h5-10,13-14H,11-12H2,1-4H3. The maximum atomic E-state index is 4.58. The van der Waals surface area contributed by atoms with Gasteiger partial charge >= 0.3 is 0 Å². The highest BCUT2D eigenvalue weighted by molar-refractivity contribution is 7.98. The van der Waals surface area contributed by atoms with Gasteiger partial charge < -0.3 is 0 Å². The summed E-state index contributed by atoms with van der Waals surface area (Å²) in [6, 6.07) is 10.6. The molecule has 0 fully saturated rings. The molecule has 25 heavy (non-hydrogen) atoms. The van der Waals surface area contributed by atoms with Gasteiger partial charge in [0.05, 0.1) is 17.8 Å². The normalized spacial score (nSPS) is 11.6. The summed E-state index contributed by atoms with van der Waals surface area (Å²) in [4.78, 5) is 1.64. The summed E-state index contributed by atoms with van der Waals surface area (Å²) in [5, 5.41) is 18.6. The fraction of sp³-hybridized carbons (Fsp3) is 0.444. The van der Waals surface area contributed by atoms with Gasteiger partial charge in [-0.3, -0.25) is 4.68 Å². The SMILES string of the molecule is CC(C)Cn1ncc(-c2nnn(C(C)C)n2)c1SCc1ccccc1. The highest BCUT2D eigenvalue weighted by Crippen LogP contribution is 2.32. The molecule has 0 aliphatic carbocycles. The van der Waals surface area contributed by atoms with Crippen molar-refractivity contribution in [1.82, 2.24) is 30.0 Å². The third-order valence-electron chi connectivity index (χ3n) is 3.68. The van der Waals surface area contributed by atoms with Crippen molar-refractivity contribution in [3.05, 3.63) is 42.1 Å². The lowest BCUT2D eigenvalue weighted by molar-refractivity contribution is 0.454. The van der Waals surface area contributed by atoms with Crippen LogP contribution in [0.3, 0.4) is 0 Å². The zero-order valence-corrected chi connectivity index (χ0v) is 15.9. The van der Waals surface area contributed by atoms with E-state index in [2.05, 4.69) is 63.3 Å². The number of rotatable bonds is 7. The maximum Gasteiger partial charge on any atom is 0.209 e. The average Bonchev–Trinajstić information content (AvgIpc) is 3.20. The number of hydrogen-bond donors (Lipinski definition) is 0. The van der Waals surface area contributed by atoms with Crippen molar-refractivity contribution >= 4 is 11.8 Å². The van der Waals surface area contributed by atoms with Crippen LogP contribution in [0.25, 0.3) is 11.4 Å². The smallest absolute Gasteiger partial charge is 0.209 e. The Morgan fingerprint density at radius 3 is 2.48 bits per heavy atom. The molecule has 132 valence electrons. The maximum absolute atomic E-state index is 4.58. The third kappa shape index (κ3) is 4.28. The van der Waals surface area contributed by atoms with E-state index in [-0.39, 0.29) is 6.04 Å². The van der Waals surface area contributed by atoms with Crippen LogP contribution < -0.4 is 0 Å². The summed E-state index contributed by atoms with van der Waals surface area (Å²) in [7, 11) is 0. The molecule has 0 amide bonds. The molecular weight excluding hydrogens is 332 g/mol. The Hall–Kier alpha value is -2.15. The van der Waals surface area contributed by atoms with Gasteiger partial charge in [0.1, 0.15) is 5.03 Å². The minimum absolute atomic E-state index is 0.187. The fourth-order valence-electron chi connectivity index (χ4n) is 2.43. The van der Waals surface area contributed by atoms with Crippen LogP contribution in [0.2, 0.25) is 0 Å².